The maximum atomic E-state index is 12.6. The second-order valence-electron chi connectivity index (χ2n) is 7.49. The molecule has 32 heavy (non-hydrogen) atoms. The molecule has 0 radical (unpaired) electrons. The van der Waals surface area contributed by atoms with Crippen molar-refractivity contribution in [2.24, 2.45) is 0 Å². The molecule has 7 nitrogen and oxygen atoms in total. The van der Waals surface area contributed by atoms with Gasteiger partial charge in [0, 0.05) is 0 Å². The molecule has 0 saturated carbocycles. The van der Waals surface area contributed by atoms with E-state index in [0.29, 0.717) is 23.7 Å². The lowest BCUT2D eigenvalue weighted by atomic mass is 10.1. The van der Waals surface area contributed by atoms with E-state index in [1.54, 1.807) is 38.1 Å². The second kappa shape index (κ2) is 10.4. The van der Waals surface area contributed by atoms with Gasteiger partial charge in [0.25, 0.3) is 11.1 Å². The van der Waals surface area contributed by atoms with Crippen LogP contribution in [0.15, 0.2) is 47.4 Å². The molecule has 0 N–H and O–H groups in total. The number of thioether (sulfide) groups is 1. The summed E-state index contributed by atoms with van der Waals surface area (Å²) in [5.41, 5.74) is 2.88. The van der Waals surface area contributed by atoms with Crippen molar-refractivity contribution in [2.75, 3.05) is 13.7 Å². The van der Waals surface area contributed by atoms with Gasteiger partial charge in [0.05, 0.1) is 18.1 Å². The fourth-order valence-electron chi connectivity index (χ4n) is 2.96. The monoisotopic (exact) mass is 455 g/mol. The van der Waals surface area contributed by atoms with E-state index in [0.717, 1.165) is 22.2 Å². The summed E-state index contributed by atoms with van der Waals surface area (Å²) in [5, 5.41) is -0.507. The Labute approximate surface area is 191 Å². The van der Waals surface area contributed by atoms with Crippen molar-refractivity contribution in [3.05, 3.63) is 64.1 Å². The van der Waals surface area contributed by atoms with Crippen LogP contribution in [0.2, 0.25) is 0 Å². The van der Waals surface area contributed by atoms with Crippen molar-refractivity contribution in [3.8, 4) is 11.5 Å². The second-order valence-corrected chi connectivity index (χ2v) is 8.48. The third kappa shape index (κ3) is 5.91. The number of nitrogens with zero attached hydrogens (tertiary/aromatic N) is 1. The first kappa shape index (κ1) is 23.4. The lowest BCUT2D eigenvalue weighted by Crippen LogP contribution is -2.35. The van der Waals surface area contributed by atoms with E-state index in [1.807, 2.05) is 31.2 Å². The first-order valence-electron chi connectivity index (χ1n) is 10.1. The number of hydrogen-bond donors (Lipinski definition) is 0. The van der Waals surface area contributed by atoms with Gasteiger partial charge in [-0.2, -0.15) is 0 Å². The van der Waals surface area contributed by atoms with Crippen molar-refractivity contribution in [1.29, 1.82) is 0 Å². The molecule has 0 bridgehead atoms. The Morgan fingerprint density at radius 2 is 1.81 bits per heavy atom. The fraction of sp³-hybridized carbons (Fsp3) is 0.292. The smallest absolute Gasteiger partial charge is 0.326 e. The maximum Gasteiger partial charge on any atom is 0.326 e. The van der Waals surface area contributed by atoms with Gasteiger partial charge in [-0.15, -0.1) is 0 Å². The van der Waals surface area contributed by atoms with Gasteiger partial charge in [0.15, 0.2) is 11.5 Å². The summed E-state index contributed by atoms with van der Waals surface area (Å²) in [7, 11) is 1.53. The van der Waals surface area contributed by atoms with Crippen LogP contribution in [-0.2, 0) is 20.9 Å². The quantitative estimate of drug-likeness (QED) is 0.426. The maximum absolute atomic E-state index is 12.6. The van der Waals surface area contributed by atoms with Crippen LogP contribution >= 0.6 is 11.8 Å². The number of ether oxygens (including phenoxy) is 3. The van der Waals surface area contributed by atoms with E-state index in [4.69, 9.17) is 14.2 Å². The van der Waals surface area contributed by atoms with Crippen LogP contribution in [0, 0.1) is 6.92 Å². The molecule has 0 unspecified atom stereocenters. The molecular weight excluding hydrogens is 430 g/mol. The van der Waals surface area contributed by atoms with Gasteiger partial charge >= 0.3 is 5.97 Å². The van der Waals surface area contributed by atoms with Gasteiger partial charge in [-0.05, 0) is 61.9 Å². The molecule has 3 rings (SSSR count). The summed E-state index contributed by atoms with van der Waals surface area (Å²) < 4.78 is 16.3. The Kier molecular flexibility index (Phi) is 7.58. The van der Waals surface area contributed by atoms with Crippen LogP contribution in [0.25, 0.3) is 6.08 Å². The Morgan fingerprint density at radius 3 is 2.47 bits per heavy atom. The molecule has 0 spiro atoms. The largest absolute Gasteiger partial charge is 0.493 e. The average Bonchev–Trinajstić information content (AvgIpc) is 3.00. The van der Waals surface area contributed by atoms with Crippen molar-refractivity contribution in [2.45, 2.75) is 33.5 Å². The Morgan fingerprint density at radius 1 is 1.09 bits per heavy atom. The predicted molar refractivity (Wildman–Crippen MR) is 122 cm³/mol. The number of aryl methyl sites for hydroxylation is 1. The minimum Gasteiger partial charge on any atom is -0.493 e. The highest BCUT2D eigenvalue weighted by molar-refractivity contribution is 8.18. The van der Waals surface area contributed by atoms with Crippen LogP contribution in [0.5, 0.6) is 11.5 Å². The zero-order valence-corrected chi connectivity index (χ0v) is 19.2. The number of esters is 1. The Hall–Kier alpha value is -3.26. The summed E-state index contributed by atoms with van der Waals surface area (Å²) in [4.78, 5) is 37.7. The lowest BCUT2D eigenvalue weighted by molar-refractivity contribution is -0.149. The van der Waals surface area contributed by atoms with Crippen LogP contribution in [0.3, 0.4) is 0 Å². The van der Waals surface area contributed by atoms with Gasteiger partial charge in [-0.25, -0.2) is 0 Å². The number of imide groups is 1. The van der Waals surface area contributed by atoms with Gasteiger partial charge in [0.1, 0.15) is 13.2 Å². The topological polar surface area (TPSA) is 82.1 Å². The van der Waals surface area contributed by atoms with Crippen molar-refractivity contribution >= 4 is 35.0 Å². The van der Waals surface area contributed by atoms with Crippen LogP contribution in [-0.4, -0.2) is 41.8 Å². The third-order valence-electron chi connectivity index (χ3n) is 4.53. The predicted octanol–water partition coefficient (Wildman–Crippen LogP) is 4.57. The highest BCUT2D eigenvalue weighted by atomic mass is 32.2. The molecule has 0 atom stereocenters. The first-order valence-corrected chi connectivity index (χ1v) is 10.9. The normalized spacial score (nSPS) is 14.9. The van der Waals surface area contributed by atoms with Crippen molar-refractivity contribution < 1.29 is 28.6 Å². The molecule has 2 amide bonds. The highest BCUT2D eigenvalue weighted by Crippen LogP contribution is 2.34. The average molecular weight is 456 g/mol. The fourth-order valence-corrected chi connectivity index (χ4v) is 3.79. The van der Waals surface area contributed by atoms with Crippen molar-refractivity contribution in [1.82, 2.24) is 4.90 Å². The SMILES string of the molecule is COc1cc(/C=C2/SC(=O)N(CC(=O)OC(C)C)C2=O)ccc1OCc1ccc(C)cc1. The van der Waals surface area contributed by atoms with E-state index in [1.165, 1.54) is 12.7 Å². The summed E-state index contributed by atoms with van der Waals surface area (Å²) >= 11 is 0.783. The van der Waals surface area contributed by atoms with E-state index in [-0.39, 0.29) is 11.0 Å². The summed E-state index contributed by atoms with van der Waals surface area (Å²) in [6.45, 7) is 5.41. The van der Waals surface area contributed by atoms with Crippen LogP contribution in [0.1, 0.15) is 30.5 Å². The molecule has 2 aromatic carbocycles. The number of rotatable bonds is 8. The number of carbonyl (C=O) groups excluding carboxylic acids is 3. The molecule has 1 aliphatic rings. The minimum absolute atomic E-state index is 0.225. The van der Waals surface area contributed by atoms with Crippen molar-refractivity contribution in [3.63, 3.8) is 0 Å². The summed E-state index contributed by atoms with van der Waals surface area (Å²) in [6.07, 6.45) is 1.27. The zero-order chi connectivity index (χ0) is 23.3. The van der Waals surface area contributed by atoms with Gasteiger partial charge in [-0.3, -0.25) is 19.3 Å². The number of amides is 2. The molecule has 1 saturated heterocycles. The molecule has 168 valence electrons. The van der Waals surface area contributed by atoms with Gasteiger partial charge in [0.2, 0.25) is 0 Å². The van der Waals surface area contributed by atoms with E-state index >= 15 is 0 Å². The third-order valence-corrected chi connectivity index (χ3v) is 5.44. The zero-order valence-electron chi connectivity index (χ0n) is 18.4. The molecular formula is C24H25NO6S. The minimum atomic E-state index is -0.625. The Bertz CT molecular complexity index is 1040. The molecule has 1 fully saturated rings. The van der Waals surface area contributed by atoms with Gasteiger partial charge < -0.3 is 14.2 Å². The highest BCUT2D eigenvalue weighted by Gasteiger charge is 2.36. The number of carbonyl (C=O) groups is 3. The van der Waals surface area contributed by atoms with E-state index in [2.05, 4.69) is 0 Å². The summed E-state index contributed by atoms with van der Waals surface area (Å²) in [5.74, 6) is -0.0833. The number of methoxy groups -OCH3 is 1. The number of benzene rings is 2. The van der Waals surface area contributed by atoms with E-state index < -0.39 is 23.7 Å². The Balaban J connectivity index is 1.71. The first-order chi connectivity index (χ1) is 15.3. The van der Waals surface area contributed by atoms with Crippen LogP contribution < -0.4 is 9.47 Å². The molecule has 1 aliphatic heterocycles. The standard InChI is InChI=1S/C24H25NO6S/c1-15(2)31-22(26)13-25-23(27)21(32-24(25)28)12-18-9-10-19(20(11-18)29-4)30-14-17-7-5-16(3)6-8-17/h5-12,15H,13-14H2,1-4H3/b21-12+. The molecule has 2 aromatic rings. The van der Waals surface area contributed by atoms with E-state index in [9.17, 15) is 14.4 Å². The van der Waals surface area contributed by atoms with Crippen LogP contribution in [0.4, 0.5) is 4.79 Å². The lowest BCUT2D eigenvalue weighted by Gasteiger charge is -2.13. The van der Waals surface area contributed by atoms with Gasteiger partial charge in [-0.1, -0.05) is 35.9 Å². The molecule has 8 heteroatoms. The molecule has 1 heterocycles. The molecule has 0 aromatic heterocycles. The summed E-state index contributed by atoms with van der Waals surface area (Å²) in [6, 6.07) is 13.3. The number of hydrogen-bond acceptors (Lipinski definition) is 7. The molecule has 0 aliphatic carbocycles.